The lowest BCUT2D eigenvalue weighted by molar-refractivity contribution is 0.0945. The molecule has 0 aliphatic carbocycles. The lowest BCUT2D eigenvalue weighted by Crippen LogP contribution is -2.30. The molecule has 1 aromatic rings. The first-order chi connectivity index (χ1) is 9.08. The average molecular weight is 261 g/mol. The molecule has 0 bridgehead atoms. The second-order valence-corrected chi connectivity index (χ2v) is 5.55. The summed E-state index contributed by atoms with van der Waals surface area (Å²) < 4.78 is 0. The highest BCUT2D eigenvalue weighted by Crippen LogP contribution is 2.25. The molecule has 104 valence electrons. The van der Waals surface area contributed by atoms with Gasteiger partial charge in [0, 0.05) is 25.2 Å². The van der Waals surface area contributed by atoms with Crippen LogP contribution in [-0.4, -0.2) is 25.5 Å². The Morgan fingerprint density at radius 2 is 1.89 bits per heavy atom. The summed E-state index contributed by atoms with van der Waals surface area (Å²) in [6.07, 6.45) is 0. The van der Waals surface area contributed by atoms with Crippen molar-refractivity contribution in [2.45, 2.75) is 20.8 Å². The van der Waals surface area contributed by atoms with E-state index < -0.39 is 0 Å². The smallest absolute Gasteiger partial charge is 0.251 e. The van der Waals surface area contributed by atoms with Crippen molar-refractivity contribution in [2.75, 3.05) is 30.3 Å². The number of carbonyl (C=O) groups excluding carboxylic acids is 1. The lowest BCUT2D eigenvalue weighted by atomic mass is 9.98. The molecule has 1 amide bonds. The highest BCUT2D eigenvalue weighted by molar-refractivity contribution is 5.96. The minimum Gasteiger partial charge on any atom is -0.382 e. The molecule has 2 rings (SSSR count). The van der Waals surface area contributed by atoms with Crippen LogP contribution in [0.25, 0.3) is 0 Å². The average Bonchev–Trinajstić information content (AvgIpc) is 2.43. The zero-order valence-corrected chi connectivity index (χ0v) is 11.9. The molecule has 0 saturated carbocycles. The fraction of sp³-hybridized carbons (Fsp3) is 0.533. The molecule has 0 fully saturated rings. The Balaban J connectivity index is 1.99. The van der Waals surface area contributed by atoms with Gasteiger partial charge in [0.2, 0.25) is 0 Å². The van der Waals surface area contributed by atoms with Crippen LogP contribution in [0.5, 0.6) is 0 Å². The highest BCUT2D eigenvalue weighted by Gasteiger charge is 2.13. The predicted molar refractivity (Wildman–Crippen MR) is 79.8 cm³/mol. The van der Waals surface area contributed by atoms with Gasteiger partial charge in [-0.2, -0.15) is 0 Å². The van der Waals surface area contributed by atoms with Crippen LogP contribution in [0.2, 0.25) is 0 Å². The highest BCUT2D eigenvalue weighted by atomic mass is 16.1. The van der Waals surface area contributed by atoms with Gasteiger partial charge in [-0.05, 0) is 30.0 Å². The number of nitrogens with one attached hydrogen (secondary N) is 3. The van der Waals surface area contributed by atoms with E-state index in [1.807, 2.05) is 18.2 Å². The number of fused-ring (bicyclic) bond motifs is 1. The number of rotatable bonds is 4. The van der Waals surface area contributed by atoms with E-state index in [4.69, 9.17) is 0 Å². The number of amides is 1. The first-order valence-corrected chi connectivity index (χ1v) is 6.98. The largest absolute Gasteiger partial charge is 0.382 e. The first-order valence-electron chi connectivity index (χ1n) is 6.98. The maximum absolute atomic E-state index is 12.1. The Morgan fingerprint density at radius 1 is 1.21 bits per heavy atom. The second kappa shape index (κ2) is 5.95. The summed E-state index contributed by atoms with van der Waals surface area (Å²) in [6, 6.07) is 5.74. The van der Waals surface area contributed by atoms with Gasteiger partial charge in [-0.3, -0.25) is 4.79 Å². The number of anilines is 2. The maximum Gasteiger partial charge on any atom is 0.251 e. The van der Waals surface area contributed by atoms with Crippen LogP contribution < -0.4 is 16.0 Å². The third-order valence-electron chi connectivity index (χ3n) is 3.76. The van der Waals surface area contributed by atoms with E-state index in [1.54, 1.807) is 0 Å². The van der Waals surface area contributed by atoms with Gasteiger partial charge in [0.1, 0.15) is 0 Å². The molecule has 0 saturated heterocycles. The summed E-state index contributed by atoms with van der Waals surface area (Å²) in [7, 11) is 0. The molecule has 0 spiro atoms. The molecule has 4 nitrogen and oxygen atoms in total. The van der Waals surface area contributed by atoms with Crippen LogP contribution in [0.15, 0.2) is 18.2 Å². The number of carbonyl (C=O) groups is 1. The van der Waals surface area contributed by atoms with E-state index in [2.05, 4.69) is 36.7 Å². The summed E-state index contributed by atoms with van der Waals surface area (Å²) in [5.74, 6) is 1.07. The molecule has 1 unspecified atom stereocenters. The van der Waals surface area contributed by atoms with E-state index >= 15 is 0 Å². The first kappa shape index (κ1) is 13.7. The van der Waals surface area contributed by atoms with E-state index in [1.165, 1.54) is 0 Å². The Hall–Kier alpha value is -1.71. The van der Waals surface area contributed by atoms with E-state index in [0.29, 0.717) is 17.4 Å². The molecule has 3 N–H and O–H groups in total. The summed E-state index contributed by atoms with van der Waals surface area (Å²) in [5, 5.41) is 9.60. The molecule has 0 aromatic heterocycles. The second-order valence-electron chi connectivity index (χ2n) is 5.55. The summed E-state index contributed by atoms with van der Waals surface area (Å²) in [5.41, 5.74) is 2.79. The van der Waals surface area contributed by atoms with Crippen molar-refractivity contribution in [3.05, 3.63) is 23.8 Å². The van der Waals surface area contributed by atoms with E-state index in [9.17, 15) is 4.79 Å². The zero-order chi connectivity index (χ0) is 13.8. The lowest BCUT2D eigenvalue weighted by Gasteiger charge is -2.21. The molecular formula is C15H23N3O. The summed E-state index contributed by atoms with van der Waals surface area (Å²) in [6.45, 7) is 9.03. The molecule has 1 aliphatic heterocycles. The number of benzene rings is 1. The van der Waals surface area contributed by atoms with Crippen LogP contribution in [-0.2, 0) is 0 Å². The number of hydrogen-bond acceptors (Lipinski definition) is 3. The fourth-order valence-corrected chi connectivity index (χ4v) is 1.97. The molecule has 19 heavy (non-hydrogen) atoms. The standard InChI is InChI=1S/C15H23N3O/c1-10(2)11(3)9-18-15(19)12-4-5-13-14(8-12)17-7-6-16-13/h4-5,8,10-11,16-17H,6-7,9H2,1-3H3,(H,18,19). The minimum absolute atomic E-state index is 0.00248. The molecule has 4 heteroatoms. The SMILES string of the molecule is CC(C)C(C)CNC(=O)c1ccc2c(c1)NCCN2. The summed E-state index contributed by atoms with van der Waals surface area (Å²) in [4.78, 5) is 12.1. The molecule has 1 heterocycles. The third kappa shape index (κ3) is 3.40. The monoisotopic (exact) mass is 261 g/mol. The van der Waals surface area contributed by atoms with Crippen LogP contribution in [0.3, 0.4) is 0 Å². The topological polar surface area (TPSA) is 53.2 Å². The molecule has 1 aliphatic rings. The Morgan fingerprint density at radius 3 is 2.58 bits per heavy atom. The van der Waals surface area contributed by atoms with Crippen LogP contribution >= 0.6 is 0 Å². The van der Waals surface area contributed by atoms with Crippen molar-refractivity contribution in [1.29, 1.82) is 0 Å². The van der Waals surface area contributed by atoms with Crippen molar-refractivity contribution >= 4 is 17.3 Å². The van der Waals surface area contributed by atoms with Gasteiger partial charge in [0.05, 0.1) is 11.4 Å². The Labute approximate surface area is 115 Å². The predicted octanol–water partition coefficient (Wildman–Crippen LogP) is 2.55. The van der Waals surface area contributed by atoms with Crippen LogP contribution in [0.4, 0.5) is 11.4 Å². The summed E-state index contributed by atoms with van der Waals surface area (Å²) >= 11 is 0. The third-order valence-corrected chi connectivity index (χ3v) is 3.76. The quantitative estimate of drug-likeness (QED) is 0.780. The van der Waals surface area contributed by atoms with Gasteiger partial charge >= 0.3 is 0 Å². The van der Waals surface area contributed by atoms with Crippen molar-refractivity contribution in [3.63, 3.8) is 0 Å². The van der Waals surface area contributed by atoms with Crippen molar-refractivity contribution in [2.24, 2.45) is 11.8 Å². The Kier molecular flexibility index (Phi) is 4.30. The van der Waals surface area contributed by atoms with Crippen molar-refractivity contribution < 1.29 is 4.79 Å². The van der Waals surface area contributed by atoms with E-state index in [-0.39, 0.29) is 5.91 Å². The van der Waals surface area contributed by atoms with Crippen LogP contribution in [0.1, 0.15) is 31.1 Å². The van der Waals surface area contributed by atoms with Gasteiger partial charge in [0.15, 0.2) is 0 Å². The Bertz CT molecular complexity index is 457. The number of hydrogen-bond donors (Lipinski definition) is 3. The normalized spacial score (nSPS) is 15.2. The van der Waals surface area contributed by atoms with E-state index in [0.717, 1.165) is 31.0 Å². The van der Waals surface area contributed by atoms with Gasteiger partial charge < -0.3 is 16.0 Å². The molecule has 0 radical (unpaired) electrons. The molecular weight excluding hydrogens is 238 g/mol. The molecule has 1 aromatic carbocycles. The van der Waals surface area contributed by atoms with Gasteiger partial charge in [-0.15, -0.1) is 0 Å². The van der Waals surface area contributed by atoms with Crippen molar-refractivity contribution in [3.8, 4) is 0 Å². The minimum atomic E-state index is 0.00248. The molecule has 1 atom stereocenters. The van der Waals surface area contributed by atoms with Crippen LogP contribution in [0, 0.1) is 11.8 Å². The zero-order valence-electron chi connectivity index (χ0n) is 11.9. The van der Waals surface area contributed by atoms with Crippen molar-refractivity contribution in [1.82, 2.24) is 5.32 Å². The maximum atomic E-state index is 12.1. The van der Waals surface area contributed by atoms with Gasteiger partial charge in [-0.1, -0.05) is 20.8 Å². The van der Waals surface area contributed by atoms with Gasteiger partial charge in [-0.25, -0.2) is 0 Å². The van der Waals surface area contributed by atoms with Gasteiger partial charge in [0.25, 0.3) is 5.91 Å². The fourth-order valence-electron chi connectivity index (χ4n) is 1.97.